The average molecular weight is 251 g/mol. The molecule has 4 nitrogen and oxygen atoms in total. The Balaban J connectivity index is 2.22. The van der Waals surface area contributed by atoms with Crippen molar-refractivity contribution in [1.82, 2.24) is 5.32 Å². The second-order valence-electron chi connectivity index (χ2n) is 3.44. The van der Waals surface area contributed by atoms with Crippen LogP contribution in [0.4, 0.5) is 13.2 Å². The molecule has 0 saturated heterocycles. The van der Waals surface area contributed by atoms with Gasteiger partial charge in [-0.05, 0) is 12.1 Å². The highest BCUT2D eigenvalue weighted by atomic mass is 19.4. The number of hydrogen-bond acceptors (Lipinski definition) is 3. The molecular formula is C10H12F3NO3. The molecule has 0 bridgehead atoms. The fraction of sp³-hybridized carbons (Fsp3) is 0.500. The smallest absolute Gasteiger partial charge is 0.416 e. The molecule has 1 atom stereocenters. The highest BCUT2D eigenvalue weighted by molar-refractivity contribution is 5.76. The van der Waals surface area contributed by atoms with Gasteiger partial charge in [-0.2, -0.15) is 13.2 Å². The minimum absolute atomic E-state index is 0.0120. The minimum Gasteiger partial charge on any atom is -0.469 e. The average Bonchev–Trinajstić information content (AvgIpc) is 2.74. The van der Waals surface area contributed by atoms with Crippen molar-refractivity contribution in [2.45, 2.75) is 25.1 Å². The molecule has 0 aliphatic rings. The number of nitrogens with one attached hydrogen (secondary N) is 1. The maximum atomic E-state index is 11.9. The summed E-state index contributed by atoms with van der Waals surface area (Å²) in [6.45, 7) is -0.833. The molecule has 7 heteroatoms. The van der Waals surface area contributed by atoms with E-state index in [0.29, 0.717) is 12.2 Å². The monoisotopic (exact) mass is 251 g/mol. The fourth-order valence-corrected chi connectivity index (χ4v) is 1.11. The van der Waals surface area contributed by atoms with E-state index in [4.69, 9.17) is 9.52 Å². The van der Waals surface area contributed by atoms with E-state index in [9.17, 15) is 18.0 Å². The van der Waals surface area contributed by atoms with Gasteiger partial charge in [0.15, 0.2) is 6.10 Å². The third-order valence-corrected chi connectivity index (χ3v) is 2.05. The number of amides is 1. The van der Waals surface area contributed by atoms with Crippen LogP contribution in [0.2, 0.25) is 0 Å². The van der Waals surface area contributed by atoms with Gasteiger partial charge >= 0.3 is 6.18 Å². The standard InChI is InChI=1S/C10H12F3NO3/c11-10(12,13)8(15)6-14-9(16)4-3-7-2-1-5-17-7/h1-2,5,8,15H,3-4,6H2,(H,14,16). The molecule has 0 spiro atoms. The third kappa shape index (κ3) is 4.90. The normalized spacial score (nSPS) is 13.4. The van der Waals surface area contributed by atoms with Crippen molar-refractivity contribution < 1.29 is 27.5 Å². The number of hydrogen-bond donors (Lipinski definition) is 2. The Bertz CT molecular complexity index is 348. The van der Waals surface area contributed by atoms with E-state index in [1.54, 1.807) is 12.1 Å². The molecule has 1 aromatic heterocycles. The van der Waals surface area contributed by atoms with Crippen LogP contribution in [0.3, 0.4) is 0 Å². The Morgan fingerprint density at radius 2 is 2.24 bits per heavy atom. The molecule has 0 aliphatic carbocycles. The van der Waals surface area contributed by atoms with E-state index in [1.807, 2.05) is 5.32 Å². The molecule has 17 heavy (non-hydrogen) atoms. The number of carbonyl (C=O) groups is 1. The Hall–Kier alpha value is -1.50. The summed E-state index contributed by atoms with van der Waals surface area (Å²) in [5, 5.41) is 10.6. The van der Waals surface area contributed by atoms with Crippen LogP contribution in [0, 0.1) is 0 Å². The van der Waals surface area contributed by atoms with Crippen LogP contribution in [0.5, 0.6) is 0 Å². The van der Waals surface area contributed by atoms with E-state index < -0.39 is 24.7 Å². The molecule has 0 fully saturated rings. The maximum Gasteiger partial charge on any atom is 0.416 e. The summed E-state index contributed by atoms with van der Waals surface area (Å²) in [4.78, 5) is 11.1. The van der Waals surface area contributed by atoms with Crippen LogP contribution in [0.15, 0.2) is 22.8 Å². The minimum atomic E-state index is -4.71. The van der Waals surface area contributed by atoms with Gasteiger partial charge in [0, 0.05) is 12.8 Å². The summed E-state index contributed by atoms with van der Waals surface area (Å²) >= 11 is 0. The molecule has 96 valence electrons. The molecule has 1 unspecified atom stereocenters. The summed E-state index contributed by atoms with van der Waals surface area (Å²) < 4.78 is 40.6. The Morgan fingerprint density at radius 1 is 1.53 bits per heavy atom. The van der Waals surface area contributed by atoms with Gasteiger partial charge < -0.3 is 14.8 Å². The lowest BCUT2D eigenvalue weighted by Gasteiger charge is -2.14. The van der Waals surface area contributed by atoms with Crippen molar-refractivity contribution in [3.8, 4) is 0 Å². The molecule has 0 saturated carbocycles. The quantitative estimate of drug-likeness (QED) is 0.827. The van der Waals surface area contributed by atoms with Gasteiger partial charge in [-0.15, -0.1) is 0 Å². The summed E-state index contributed by atoms with van der Waals surface area (Å²) in [7, 11) is 0. The van der Waals surface area contributed by atoms with Crippen molar-refractivity contribution in [3.63, 3.8) is 0 Å². The largest absolute Gasteiger partial charge is 0.469 e. The van der Waals surface area contributed by atoms with Gasteiger partial charge in [0.25, 0.3) is 0 Å². The van der Waals surface area contributed by atoms with Gasteiger partial charge in [-0.1, -0.05) is 0 Å². The van der Waals surface area contributed by atoms with Crippen molar-refractivity contribution in [1.29, 1.82) is 0 Å². The van der Waals surface area contributed by atoms with Crippen LogP contribution < -0.4 is 5.32 Å². The van der Waals surface area contributed by atoms with Crippen LogP contribution >= 0.6 is 0 Å². The molecule has 1 aromatic rings. The zero-order valence-corrected chi connectivity index (χ0v) is 8.83. The first-order valence-corrected chi connectivity index (χ1v) is 4.93. The maximum absolute atomic E-state index is 11.9. The third-order valence-electron chi connectivity index (χ3n) is 2.05. The second-order valence-corrected chi connectivity index (χ2v) is 3.44. The van der Waals surface area contributed by atoms with Crippen molar-refractivity contribution in [2.24, 2.45) is 0 Å². The Labute approximate surface area is 95.4 Å². The van der Waals surface area contributed by atoms with Gasteiger partial charge in [-0.3, -0.25) is 4.79 Å². The number of aryl methyl sites for hydroxylation is 1. The number of aliphatic hydroxyl groups is 1. The second kappa shape index (κ2) is 5.72. The Morgan fingerprint density at radius 3 is 2.76 bits per heavy atom. The number of aliphatic hydroxyl groups excluding tert-OH is 1. The lowest BCUT2D eigenvalue weighted by atomic mass is 10.2. The van der Waals surface area contributed by atoms with Crippen molar-refractivity contribution in [2.75, 3.05) is 6.54 Å². The van der Waals surface area contributed by atoms with Crippen molar-refractivity contribution >= 4 is 5.91 Å². The summed E-state index contributed by atoms with van der Waals surface area (Å²) in [5.41, 5.74) is 0. The van der Waals surface area contributed by atoms with E-state index in [-0.39, 0.29) is 6.42 Å². The first-order valence-electron chi connectivity index (χ1n) is 4.93. The lowest BCUT2D eigenvalue weighted by molar-refractivity contribution is -0.201. The lowest BCUT2D eigenvalue weighted by Crippen LogP contribution is -2.40. The highest BCUT2D eigenvalue weighted by Crippen LogP contribution is 2.19. The van der Waals surface area contributed by atoms with Gasteiger partial charge in [0.05, 0.1) is 12.8 Å². The Kier molecular flexibility index (Phi) is 4.56. The van der Waals surface area contributed by atoms with Crippen LogP contribution in [0.25, 0.3) is 0 Å². The fourth-order valence-electron chi connectivity index (χ4n) is 1.11. The summed E-state index contributed by atoms with van der Waals surface area (Å²) in [5.74, 6) is 0.0150. The van der Waals surface area contributed by atoms with E-state index in [2.05, 4.69) is 0 Å². The first kappa shape index (κ1) is 13.6. The van der Waals surface area contributed by atoms with Crippen molar-refractivity contribution in [3.05, 3.63) is 24.2 Å². The molecule has 2 N–H and O–H groups in total. The van der Waals surface area contributed by atoms with Gasteiger partial charge in [0.1, 0.15) is 5.76 Å². The molecule has 1 rings (SSSR count). The molecule has 1 amide bonds. The van der Waals surface area contributed by atoms with Crippen LogP contribution in [-0.4, -0.2) is 29.8 Å². The molecule has 1 heterocycles. The predicted molar refractivity (Wildman–Crippen MR) is 52.1 cm³/mol. The van der Waals surface area contributed by atoms with Gasteiger partial charge in [0.2, 0.25) is 5.91 Å². The number of alkyl halides is 3. The zero-order valence-electron chi connectivity index (χ0n) is 8.83. The zero-order chi connectivity index (χ0) is 12.9. The molecule has 0 aromatic carbocycles. The highest BCUT2D eigenvalue weighted by Gasteiger charge is 2.38. The number of halogens is 3. The predicted octanol–water partition coefficient (Wildman–Crippen LogP) is 1.25. The molecule has 0 aliphatic heterocycles. The molecule has 0 radical (unpaired) electrons. The van der Waals surface area contributed by atoms with Gasteiger partial charge in [-0.25, -0.2) is 0 Å². The molecular weight excluding hydrogens is 239 g/mol. The van der Waals surface area contributed by atoms with Crippen LogP contribution in [-0.2, 0) is 11.2 Å². The first-order chi connectivity index (χ1) is 7.89. The summed E-state index contributed by atoms with van der Waals surface area (Å²) in [6.07, 6.45) is -5.48. The van der Waals surface area contributed by atoms with Crippen LogP contribution in [0.1, 0.15) is 12.2 Å². The number of furan rings is 1. The van der Waals surface area contributed by atoms with E-state index in [1.165, 1.54) is 6.26 Å². The topological polar surface area (TPSA) is 62.5 Å². The van der Waals surface area contributed by atoms with E-state index >= 15 is 0 Å². The SMILES string of the molecule is O=C(CCc1ccco1)NCC(O)C(F)(F)F. The summed E-state index contributed by atoms with van der Waals surface area (Å²) in [6, 6.07) is 3.32. The van der Waals surface area contributed by atoms with E-state index in [0.717, 1.165) is 0 Å². The number of carbonyl (C=O) groups excluding carboxylic acids is 1. The number of rotatable bonds is 5.